The molecule has 2 saturated heterocycles. The van der Waals surface area contributed by atoms with Crippen molar-refractivity contribution < 1.29 is 22.7 Å². The molecule has 2 aliphatic heterocycles. The molecule has 11 nitrogen and oxygen atoms in total. The summed E-state index contributed by atoms with van der Waals surface area (Å²) in [5.74, 6) is 1.42. The average Bonchev–Trinajstić information content (AvgIpc) is 3.73. The summed E-state index contributed by atoms with van der Waals surface area (Å²) >= 11 is 0. The van der Waals surface area contributed by atoms with Crippen molar-refractivity contribution >= 4 is 27.5 Å². The Hall–Kier alpha value is -4.55. The van der Waals surface area contributed by atoms with Gasteiger partial charge in [0.15, 0.2) is 15.7 Å². The number of hydrogen-bond donors (Lipinski definition) is 2. The second-order valence-corrected chi connectivity index (χ2v) is 13.5. The van der Waals surface area contributed by atoms with Crippen LogP contribution in [0.3, 0.4) is 0 Å². The van der Waals surface area contributed by atoms with Crippen LogP contribution in [0.2, 0.25) is 0 Å². The first-order chi connectivity index (χ1) is 21.3. The highest BCUT2D eigenvalue weighted by Gasteiger charge is 2.30. The van der Waals surface area contributed by atoms with Crippen LogP contribution in [0.25, 0.3) is 11.4 Å². The number of hydrogen-bond acceptors (Lipinski definition) is 8. The smallest absolute Gasteiger partial charge is 0.410 e. The van der Waals surface area contributed by atoms with Gasteiger partial charge >= 0.3 is 6.09 Å². The molecule has 1 atom stereocenters. The van der Waals surface area contributed by atoms with Gasteiger partial charge in [0.1, 0.15) is 12.4 Å². The van der Waals surface area contributed by atoms with Gasteiger partial charge in [-0.2, -0.15) is 5.10 Å². The Morgan fingerprint density at radius 3 is 2.45 bits per heavy atom. The third kappa shape index (κ3) is 7.32. The lowest BCUT2D eigenvalue weighted by molar-refractivity contribution is 0.102. The molecule has 6 rings (SSSR count). The topological polar surface area (TPSA) is 138 Å². The van der Waals surface area contributed by atoms with E-state index in [1.165, 1.54) is 0 Å². The molecule has 228 valence electrons. The van der Waals surface area contributed by atoms with Crippen molar-refractivity contribution in [1.82, 2.24) is 25.0 Å². The molecule has 12 heteroatoms. The van der Waals surface area contributed by atoms with Crippen LogP contribution in [0.15, 0.2) is 78.9 Å². The molecule has 0 saturated carbocycles. The number of aromatic nitrogens is 3. The van der Waals surface area contributed by atoms with E-state index in [1.54, 1.807) is 23.1 Å². The van der Waals surface area contributed by atoms with Gasteiger partial charge in [-0.3, -0.25) is 14.8 Å². The lowest BCUT2D eigenvalue weighted by atomic mass is 10.1. The fourth-order valence-corrected chi connectivity index (χ4v) is 6.71. The van der Waals surface area contributed by atoms with E-state index in [0.717, 1.165) is 28.9 Å². The van der Waals surface area contributed by atoms with Crippen LogP contribution < -0.4 is 5.32 Å². The molecule has 3 aromatic carbocycles. The largest absolute Gasteiger partial charge is 0.445 e. The summed E-state index contributed by atoms with van der Waals surface area (Å²) in [7, 11) is -2.93. The maximum Gasteiger partial charge on any atom is 0.410 e. The van der Waals surface area contributed by atoms with Crippen molar-refractivity contribution in [3.05, 3.63) is 101 Å². The standard InChI is InChI=1S/C32H34N6O5S/c39-31(26-8-4-7-24(19-26)20-37-15-17-44(41,42)18-16-37)33-28-11-9-25(10-12-28)29-34-30(36-35-29)27-13-14-38(21-27)32(40)43-22-23-5-2-1-3-6-23/h1-12,19,27H,13-18,20-22H2,(H,33,39)(H,34,35,36). The summed E-state index contributed by atoms with van der Waals surface area (Å²) in [6.07, 6.45) is 0.432. The SMILES string of the molecule is O=C(Nc1ccc(-c2n[nH]c(C3CCN(C(=O)OCc4ccccc4)C3)n2)cc1)c1cccc(CN2CCS(=O)(=O)CC2)c1. The minimum Gasteiger partial charge on any atom is -0.445 e. The Bertz CT molecular complexity index is 1710. The van der Waals surface area contributed by atoms with Crippen LogP contribution in [0.5, 0.6) is 0 Å². The van der Waals surface area contributed by atoms with E-state index in [0.29, 0.717) is 49.8 Å². The maximum atomic E-state index is 13.0. The monoisotopic (exact) mass is 614 g/mol. The Kier molecular flexibility index (Phi) is 8.71. The van der Waals surface area contributed by atoms with E-state index >= 15 is 0 Å². The highest BCUT2D eigenvalue weighted by molar-refractivity contribution is 7.91. The first-order valence-corrected chi connectivity index (χ1v) is 16.4. The molecule has 1 aromatic heterocycles. The Morgan fingerprint density at radius 2 is 1.68 bits per heavy atom. The highest BCUT2D eigenvalue weighted by atomic mass is 32.2. The Labute approximate surface area is 256 Å². The number of H-pyrrole nitrogens is 1. The second-order valence-electron chi connectivity index (χ2n) is 11.2. The highest BCUT2D eigenvalue weighted by Crippen LogP contribution is 2.27. The molecule has 2 fully saturated rings. The second kappa shape index (κ2) is 13.0. The minimum absolute atomic E-state index is 0.0396. The molecule has 0 bridgehead atoms. The zero-order valence-corrected chi connectivity index (χ0v) is 25.0. The summed E-state index contributed by atoms with van der Waals surface area (Å²) in [4.78, 5) is 34.0. The van der Waals surface area contributed by atoms with Crippen molar-refractivity contribution in [3.8, 4) is 11.4 Å². The van der Waals surface area contributed by atoms with E-state index in [1.807, 2.05) is 60.7 Å². The van der Waals surface area contributed by atoms with Crippen molar-refractivity contribution in [3.63, 3.8) is 0 Å². The van der Waals surface area contributed by atoms with Gasteiger partial charge in [0, 0.05) is 55.5 Å². The number of benzene rings is 3. The number of amides is 2. The molecular formula is C32H34N6O5S. The van der Waals surface area contributed by atoms with Crippen LogP contribution in [0, 0.1) is 0 Å². The number of sulfone groups is 1. The zero-order chi connectivity index (χ0) is 30.5. The number of carbonyl (C=O) groups excluding carboxylic acids is 2. The predicted octanol–water partition coefficient (Wildman–Crippen LogP) is 4.08. The number of carbonyl (C=O) groups is 2. The Balaban J connectivity index is 1.01. The summed E-state index contributed by atoms with van der Waals surface area (Å²) < 4.78 is 28.9. The van der Waals surface area contributed by atoms with Gasteiger partial charge < -0.3 is 15.0 Å². The van der Waals surface area contributed by atoms with E-state index < -0.39 is 9.84 Å². The third-order valence-corrected chi connectivity index (χ3v) is 9.58. The third-order valence-electron chi connectivity index (χ3n) is 7.97. The van der Waals surface area contributed by atoms with Crippen molar-refractivity contribution in [2.24, 2.45) is 0 Å². The number of aromatic amines is 1. The van der Waals surface area contributed by atoms with Gasteiger partial charge in [0.2, 0.25) is 0 Å². The fraction of sp³-hybridized carbons (Fsp3) is 0.312. The van der Waals surface area contributed by atoms with E-state index in [-0.39, 0.29) is 36.0 Å². The van der Waals surface area contributed by atoms with E-state index in [4.69, 9.17) is 4.74 Å². The molecule has 0 radical (unpaired) electrons. The van der Waals surface area contributed by atoms with Crippen molar-refractivity contribution in [1.29, 1.82) is 0 Å². The van der Waals surface area contributed by atoms with Crippen LogP contribution in [-0.2, 0) is 27.7 Å². The predicted molar refractivity (Wildman–Crippen MR) is 166 cm³/mol. The summed E-state index contributed by atoms with van der Waals surface area (Å²) in [6.45, 7) is 2.94. The maximum absolute atomic E-state index is 13.0. The molecule has 3 heterocycles. The van der Waals surface area contributed by atoms with Crippen LogP contribution in [0.1, 0.15) is 39.6 Å². The average molecular weight is 615 g/mol. The lowest BCUT2D eigenvalue weighted by Crippen LogP contribution is -2.39. The number of likely N-dealkylation sites (tertiary alicyclic amines) is 1. The van der Waals surface area contributed by atoms with Gasteiger partial charge in [-0.05, 0) is 53.9 Å². The van der Waals surface area contributed by atoms with E-state index in [2.05, 4.69) is 25.4 Å². The first kappa shape index (κ1) is 29.5. The number of nitrogens with one attached hydrogen (secondary N) is 2. The van der Waals surface area contributed by atoms with Crippen LogP contribution >= 0.6 is 0 Å². The van der Waals surface area contributed by atoms with Gasteiger partial charge in [0.25, 0.3) is 5.91 Å². The van der Waals surface area contributed by atoms with Crippen molar-refractivity contribution in [2.45, 2.75) is 25.5 Å². The molecule has 2 aliphatic rings. The van der Waals surface area contributed by atoms with Gasteiger partial charge in [-0.15, -0.1) is 0 Å². The molecule has 44 heavy (non-hydrogen) atoms. The van der Waals surface area contributed by atoms with Crippen LogP contribution in [0.4, 0.5) is 10.5 Å². The summed E-state index contributed by atoms with van der Waals surface area (Å²) in [5, 5.41) is 10.3. The van der Waals surface area contributed by atoms with Gasteiger partial charge in [0.05, 0.1) is 11.5 Å². The number of nitrogens with zero attached hydrogens (tertiary/aromatic N) is 4. The molecule has 4 aromatic rings. The molecular weight excluding hydrogens is 580 g/mol. The van der Waals surface area contributed by atoms with E-state index in [9.17, 15) is 18.0 Å². The minimum atomic E-state index is -2.93. The molecule has 2 amide bonds. The quantitative estimate of drug-likeness (QED) is 0.303. The zero-order valence-electron chi connectivity index (χ0n) is 24.2. The molecule has 1 unspecified atom stereocenters. The van der Waals surface area contributed by atoms with Gasteiger partial charge in [-0.25, -0.2) is 18.2 Å². The number of anilines is 1. The summed E-state index contributed by atoms with van der Waals surface area (Å²) in [5.41, 5.74) is 3.88. The number of ether oxygens (including phenoxy) is 1. The first-order valence-electron chi connectivity index (χ1n) is 14.6. The van der Waals surface area contributed by atoms with Gasteiger partial charge in [-0.1, -0.05) is 42.5 Å². The fourth-order valence-electron chi connectivity index (χ4n) is 5.43. The summed E-state index contributed by atoms with van der Waals surface area (Å²) in [6, 6.07) is 24.3. The molecule has 0 spiro atoms. The molecule has 0 aliphatic carbocycles. The molecule has 2 N–H and O–H groups in total. The normalized spacial score (nSPS) is 18.2. The number of rotatable bonds is 8. The van der Waals surface area contributed by atoms with Crippen LogP contribution in [-0.4, -0.2) is 83.1 Å². The van der Waals surface area contributed by atoms with Crippen molar-refractivity contribution in [2.75, 3.05) is 43.0 Å². The Morgan fingerprint density at radius 1 is 0.932 bits per heavy atom. The lowest BCUT2D eigenvalue weighted by Gasteiger charge is -2.26.